The first-order valence-corrected chi connectivity index (χ1v) is 8.56. The maximum atomic E-state index is 11.4. The predicted molar refractivity (Wildman–Crippen MR) is 95.9 cm³/mol. The predicted octanol–water partition coefficient (Wildman–Crippen LogP) is 4.95. The first-order chi connectivity index (χ1) is 10.5. The topological polar surface area (TPSA) is 26.3 Å². The fourth-order valence-corrected chi connectivity index (χ4v) is 3.35. The summed E-state index contributed by atoms with van der Waals surface area (Å²) in [6.45, 7) is 6.12. The van der Waals surface area contributed by atoms with Gasteiger partial charge in [0.1, 0.15) is 12.4 Å². The monoisotopic (exact) mass is 332 g/mol. The summed E-state index contributed by atoms with van der Waals surface area (Å²) >= 11 is 5.63. The minimum Gasteiger partial charge on any atom is -0.489 e. The van der Waals surface area contributed by atoms with Crippen LogP contribution >= 0.6 is 24.4 Å². The van der Waals surface area contributed by atoms with E-state index in [2.05, 4.69) is 25.6 Å². The lowest BCUT2D eigenvalue weighted by Crippen LogP contribution is -2.03. The minimum atomic E-state index is 0.0732. The number of ether oxygens (including phenoxy) is 1. The molecule has 0 aromatic heterocycles. The Morgan fingerprint density at radius 2 is 2.00 bits per heavy atom. The minimum absolute atomic E-state index is 0.0732. The Morgan fingerprint density at radius 3 is 2.64 bits per heavy atom. The molecule has 0 amide bonds. The number of hydrogen-bond donors (Lipinski definition) is 1. The zero-order valence-electron chi connectivity index (χ0n) is 13.1. The van der Waals surface area contributed by atoms with Crippen LogP contribution in [0.5, 0.6) is 5.75 Å². The van der Waals surface area contributed by atoms with Gasteiger partial charge in [0.25, 0.3) is 0 Å². The number of benzene rings is 2. The molecule has 0 spiro atoms. The molecule has 0 N–H and O–H groups in total. The van der Waals surface area contributed by atoms with E-state index in [0.29, 0.717) is 12.4 Å². The molecular formula is C18H20O2S2. The number of carbonyl (C=O) groups excluding carboxylic acids is 1. The summed E-state index contributed by atoms with van der Waals surface area (Å²) in [5.74, 6) is 1.50. The molecule has 0 atom stereocenters. The van der Waals surface area contributed by atoms with Gasteiger partial charge in [-0.2, -0.15) is 12.6 Å². The van der Waals surface area contributed by atoms with Crippen LogP contribution in [-0.2, 0) is 17.2 Å². The summed E-state index contributed by atoms with van der Waals surface area (Å²) in [7, 11) is 0. The Balaban J connectivity index is 2.25. The number of carbonyl (C=O) groups is 1. The highest BCUT2D eigenvalue weighted by atomic mass is 32.2. The standard InChI is InChI=1S/C18H20O2S2/c1-12-7-8-17(13(2)9-12)20-10-16-15(11-21)5-4-6-18(16)22-14(3)19/h4-9,21H,10-11H2,1-3H3. The van der Waals surface area contributed by atoms with Crippen molar-refractivity contribution in [3.05, 3.63) is 58.7 Å². The van der Waals surface area contributed by atoms with Crippen molar-refractivity contribution in [1.82, 2.24) is 0 Å². The highest BCUT2D eigenvalue weighted by Gasteiger charge is 2.11. The molecule has 0 aliphatic carbocycles. The van der Waals surface area contributed by atoms with Crippen molar-refractivity contribution in [3.63, 3.8) is 0 Å². The van der Waals surface area contributed by atoms with E-state index in [0.717, 1.165) is 27.3 Å². The summed E-state index contributed by atoms with van der Waals surface area (Å²) < 4.78 is 5.98. The highest BCUT2D eigenvalue weighted by Crippen LogP contribution is 2.29. The van der Waals surface area contributed by atoms with Gasteiger partial charge in [0.15, 0.2) is 5.12 Å². The van der Waals surface area contributed by atoms with Gasteiger partial charge in [0, 0.05) is 23.1 Å². The van der Waals surface area contributed by atoms with Crippen molar-refractivity contribution in [2.75, 3.05) is 0 Å². The van der Waals surface area contributed by atoms with Gasteiger partial charge in [0.05, 0.1) is 0 Å². The molecule has 0 saturated carbocycles. The lowest BCUT2D eigenvalue weighted by atomic mass is 10.1. The average Bonchev–Trinajstić information content (AvgIpc) is 2.46. The van der Waals surface area contributed by atoms with Crippen LogP contribution in [0.3, 0.4) is 0 Å². The third kappa shape index (κ3) is 4.31. The lowest BCUT2D eigenvalue weighted by molar-refractivity contribution is -0.109. The first-order valence-electron chi connectivity index (χ1n) is 7.11. The van der Waals surface area contributed by atoms with E-state index < -0.39 is 0 Å². The summed E-state index contributed by atoms with van der Waals surface area (Å²) in [6, 6.07) is 12.1. The van der Waals surface area contributed by atoms with Crippen LogP contribution < -0.4 is 4.74 Å². The Hall–Kier alpha value is -1.39. The van der Waals surface area contributed by atoms with Gasteiger partial charge < -0.3 is 4.74 Å². The quantitative estimate of drug-likeness (QED) is 0.620. The van der Waals surface area contributed by atoms with Gasteiger partial charge in [0.2, 0.25) is 0 Å². The number of thioether (sulfide) groups is 1. The molecule has 0 saturated heterocycles. The number of aryl methyl sites for hydroxylation is 2. The van der Waals surface area contributed by atoms with Crippen molar-refractivity contribution in [2.24, 2.45) is 0 Å². The maximum Gasteiger partial charge on any atom is 0.190 e. The van der Waals surface area contributed by atoms with Gasteiger partial charge in [-0.3, -0.25) is 4.79 Å². The molecular weight excluding hydrogens is 312 g/mol. The molecule has 116 valence electrons. The summed E-state index contributed by atoms with van der Waals surface area (Å²) in [4.78, 5) is 12.4. The third-order valence-corrected chi connectivity index (χ3v) is 4.59. The van der Waals surface area contributed by atoms with E-state index in [1.165, 1.54) is 17.3 Å². The molecule has 0 bridgehead atoms. The van der Waals surface area contributed by atoms with Crippen LogP contribution in [-0.4, -0.2) is 5.12 Å². The molecule has 0 heterocycles. The summed E-state index contributed by atoms with van der Waals surface area (Å²) in [5.41, 5.74) is 4.47. The third-order valence-electron chi connectivity index (χ3n) is 3.36. The van der Waals surface area contributed by atoms with Crippen molar-refractivity contribution in [1.29, 1.82) is 0 Å². The molecule has 0 radical (unpaired) electrons. The molecule has 0 unspecified atom stereocenters. The smallest absolute Gasteiger partial charge is 0.190 e. The van der Waals surface area contributed by atoms with Crippen LogP contribution in [0.2, 0.25) is 0 Å². The first kappa shape index (κ1) is 17.0. The normalized spacial score (nSPS) is 10.5. The largest absolute Gasteiger partial charge is 0.489 e. The van der Waals surface area contributed by atoms with Gasteiger partial charge in [-0.05, 0) is 37.1 Å². The van der Waals surface area contributed by atoms with E-state index in [4.69, 9.17) is 4.74 Å². The summed E-state index contributed by atoms with van der Waals surface area (Å²) in [6.07, 6.45) is 0. The maximum absolute atomic E-state index is 11.4. The van der Waals surface area contributed by atoms with Gasteiger partial charge >= 0.3 is 0 Å². The molecule has 2 nitrogen and oxygen atoms in total. The van der Waals surface area contributed by atoms with Crippen molar-refractivity contribution in [2.45, 2.75) is 38.0 Å². The van der Waals surface area contributed by atoms with E-state index in [-0.39, 0.29) is 5.12 Å². The van der Waals surface area contributed by atoms with Gasteiger partial charge in [-0.1, -0.05) is 41.6 Å². The van der Waals surface area contributed by atoms with Gasteiger partial charge in [-0.25, -0.2) is 0 Å². The summed E-state index contributed by atoms with van der Waals surface area (Å²) in [5, 5.41) is 0.0732. The van der Waals surface area contributed by atoms with Crippen LogP contribution in [0.25, 0.3) is 0 Å². The van der Waals surface area contributed by atoms with Crippen LogP contribution in [0.1, 0.15) is 29.2 Å². The molecule has 22 heavy (non-hydrogen) atoms. The second kappa shape index (κ2) is 7.75. The van der Waals surface area contributed by atoms with Crippen LogP contribution in [0, 0.1) is 13.8 Å². The van der Waals surface area contributed by atoms with Crippen molar-refractivity contribution in [3.8, 4) is 5.75 Å². The molecule has 0 aliphatic rings. The molecule has 2 aromatic carbocycles. The van der Waals surface area contributed by atoms with Gasteiger partial charge in [-0.15, -0.1) is 0 Å². The van der Waals surface area contributed by atoms with E-state index in [9.17, 15) is 4.79 Å². The second-order valence-electron chi connectivity index (χ2n) is 5.20. The Kier molecular flexibility index (Phi) is 5.98. The SMILES string of the molecule is CC(=O)Sc1cccc(CS)c1COc1ccc(C)cc1C. The van der Waals surface area contributed by atoms with E-state index in [1.54, 1.807) is 6.92 Å². The fraction of sp³-hybridized carbons (Fsp3) is 0.278. The Bertz CT molecular complexity index is 681. The van der Waals surface area contributed by atoms with Crippen LogP contribution in [0.15, 0.2) is 41.3 Å². The molecule has 2 aromatic rings. The molecule has 0 aliphatic heterocycles. The molecule has 0 fully saturated rings. The Morgan fingerprint density at radius 1 is 1.23 bits per heavy atom. The molecule has 4 heteroatoms. The second-order valence-corrected chi connectivity index (χ2v) is 6.74. The highest BCUT2D eigenvalue weighted by molar-refractivity contribution is 8.13. The zero-order valence-corrected chi connectivity index (χ0v) is 14.8. The average molecular weight is 332 g/mol. The van der Waals surface area contributed by atoms with Crippen molar-refractivity contribution < 1.29 is 9.53 Å². The zero-order chi connectivity index (χ0) is 16.1. The van der Waals surface area contributed by atoms with Crippen LogP contribution in [0.4, 0.5) is 0 Å². The number of thiol groups is 1. The Labute approximate surface area is 141 Å². The fourth-order valence-electron chi connectivity index (χ4n) is 2.28. The van der Waals surface area contributed by atoms with Crippen molar-refractivity contribution >= 4 is 29.5 Å². The van der Waals surface area contributed by atoms with E-state index in [1.807, 2.05) is 37.3 Å². The number of hydrogen-bond acceptors (Lipinski definition) is 4. The van der Waals surface area contributed by atoms with E-state index >= 15 is 0 Å². The number of rotatable bonds is 5. The lowest BCUT2D eigenvalue weighted by Gasteiger charge is -2.15. The molecule has 2 rings (SSSR count).